The van der Waals surface area contributed by atoms with Gasteiger partial charge in [-0.3, -0.25) is 4.79 Å². The summed E-state index contributed by atoms with van der Waals surface area (Å²) in [5.41, 5.74) is 0. The van der Waals surface area contributed by atoms with Crippen LogP contribution in [-0.4, -0.2) is 11.9 Å². The molecule has 1 N–H and O–H groups in total. The number of carbonyl (C=O) groups is 1. The van der Waals surface area contributed by atoms with Crippen LogP contribution in [0.15, 0.2) is 12.2 Å². The van der Waals surface area contributed by atoms with Gasteiger partial charge in [-0.15, -0.1) is 0 Å². The monoisotopic (exact) mass is 237 g/mol. The molecule has 1 rings (SSSR count). The Morgan fingerprint density at radius 2 is 1.76 bits per heavy atom. The zero-order valence-corrected chi connectivity index (χ0v) is 11.2. The normalized spacial score (nSPS) is 15.4. The van der Waals surface area contributed by atoms with Gasteiger partial charge in [0.15, 0.2) is 0 Å². The predicted octanol–water partition coefficient (Wildman–Crippen LogP) is 3.96. The minimum Gasteiger partial charge on any atom is -0.350 e. The molecule has 0 saturated heterocycles. The van der Waals surface area contributed by atoms with E-state index in [1.807, 2.05) is 6.08 Å². The molecule has 1 aliphatic carbocycles. The van der Waals surface area contributed by atoms with Crippen molar-refractivity contribution in [3.05, 3.63) is 12.2 Å². The van der Waals surface area contributed by atoms with E-state index in [1.54, 1.807) is 6.08 Å². The molecule has 1 saturated carbocycles. The first-order valence-electron chi connectivity index (χ1n) is 7.30. The van der Waals surface area contributed by atoms with Gasteiger partial charge in [0.25, 0.3) is 0 Å². The highest BCUT2D eigenvalue weighted by Crippen LogP contribution is 2.18. The Morgan fingerprint density at radius 3 is 2.41 bits per heavy atom. The molecule has 0 radical (unpaired) electrons. The van der Waals surface area contributed by atoms with Crippen molar-refractivity contribution in [2.24, 2.45) is 0 Å². The molecule has 98 valence electrons. The van der Waals surface area contributed by atoms with E-state index in [0.29, 0.717) is 6.04 Å². The van der Waals surface area contributed by atoms with Gasteiger partial charge in [-0.25, -0.2) is 0 Å². The van der Waals surface area contributed by atoms with Crippen molar-refractivity contribution in [2.45, 2.75) is 77.2 Å². The number of unbranched alkanes of at least 4 members (excludes halogenated alkanes) is 7. The van der Waals surface area contributed by atoms with E-state index in [0.717, 1.165) is 19.3 Å². The van der Waals surface area contributed by atoms with Crippen molar-refractivity contribution in [1.29, 1.82) is 0 Å². The molecule has 2 nitrogen and oxygen atoms in total. The first kappa shape index (κ1) is 14.3. The van der Waals surface area contributed by atoms with Crippen LogP contribution in [0.25, 0.3) is 0 Å². The maximum absolute atomic E-state index is 11.3. The summed E-state index contributed by atoms with van der Waals surface area (Å²) in [6.07, 6.45) is 16.4. The Balaban J connectivity index is 1.82. The predicted molar refractivity (Wildman–Crippen MR) is 72.9 cm³/mol. The Bertz CT molecular complexity index is 231. The molecular weight excluding hydrogens is 210 g/mol. The van der Waals surface area contributed by atoms with E-state index in [4.69, 9.17) is 0 Å². The number of amides is 1. The van der Waals surface area contributed by atoms with E-state index < -0.39 is 0 Å². The Hall–Kier alpha value is -0.790. The minimum atomic E-state index is 0.0930. The Labute approximate surface area is 106 Å². The molecule has 0 unspecified atom stereocenters. The van der Waals surface area contributed by atoms with E-state index in [9.17, 15) is 4.79 Å². The maximum Gasteiger partial charge on any atom is 0.243 e. The van der Waals surface area contributed by atoms with Crippen LogP contribution in [0.5, 0.6) is 0 Å². The van der Waals surface area contributed by atoms with Gasteiger partial charge in [-0.1, -0.05) is 51.5 Å². The summed E-state index contributed by atoms with van der Waals surface area (Å²) < 4.78 is 0. The largest absolute Gasteiger partial charge is 0.350 e. The molecule has 0 heterocycles. The summed E-state index contributed by atoms with van der Waals surface area (Å²) in [4.78, 5) is 11.3. The van der Waals surface area contributed by atoms with Crippen LogP contribution in [0.3, 0.4) is 0 Å². The fourth-order valence-corrected chi connectivity index (χ4v) is 1.89. The molecule has 0 aromatic heterocycles. The molecule has 17 heavy (non-hydrogen) atoms. The highest BCUT2D eigenvalue weighted by atomic mass is 16.1. The van der Waals surface area contributed by atoms with Crippen LogP contribution >= 0.6 is 0 Å². The van der Waals surface area contributed by atoms with Gasteiger partial charge in [-0.2, -0.15) is 0 Å². The van der Waals surface area contributed by atoms with Gasteiger partial charge in [0.1, 0.15) is 0 Å². The number of carbonyl (C=O) groups excluding carboxylic acids is 1. The van der Waals surface area contributed by atoms with Crippen LogP contribution < -0.4 is 5.32 Å². The molecule has 1 amide bonds. The van der Waals surface area contributed by atoms with Gasteiger partial charge in [0.05, 0.1) is 0 Å². The summed E-state index contributed by atoms with van der Waals surface area (Å²) in [7, 11) is 0. The highest BCUT2D eigenvalue weighted by molar-refractivity contribution is 5.87. The fraction of sp³-hybridized carbons (Fsp3) is 0.800. The van der Waals surface area contributed by atoms with Crippen LogP contribution in [0.1, 0.15) is 71.1 Å². The third-order valence-corrected chi connectivity index (χ3v) is 3.17. The van der Waals surface area contributed by atoms with Crippen LogP contribution in [0.2, 0.25) is 0 Å². The maximum atomic E-state index is 11.3. The van der Waals surface area contributed by atoms with E-state index in [2.05, 4.69) is 12.2 Å². The van der Waals surface area contributed by atoms with Crippen molar-refractivity contribution in [2.75, 3.05) is 0 Å². The lowest BCUT2D eigenvalue weighted by Gasteiger charge is -1.99. The van der Waals surface area contributed by atoms with Crippen molar-refractivity contribution < 1.29 is 4.79 Å². The fourth-order valence-electron chi connectivity index (χ4n) is 1.89. The average Bonchev–Trinajstić information content (AvgIpc) is 3.11. The molecule has 0 bridgehead atoms. The van der Waals surface area contributed by atoms with E-state index >= 15 is 0 Å². The van der Waals surface area contributed by atoms with Crippen LogP contribution in [0, 0.1) is 0 Å². The van der Waals surface area contributed by atoms with Gasteiger partial charge in [0.2, 0.25) is 5.91 Å². The molecule has 2 heteroatoms. The molecule has 0 spiro atoms. The second-order valence-electron chi connectivity index (χ2n) is 5.10. The number of hydrogen-bond donors (Lipinski definition) is 1. The lowest BCUT2D eigenvalue weighted by Crippen LogP contribution is -2.22. The van der Waals surface area contributed by atoms with Crippen LogP contribution in [0.4, 0.5) is 0 Å². The van der Waals surface area contributed by atoms with Crippen molar-refractivity contribution in [3.63, 3.8) is 0 Å². The molecular formula is C15H27NO. The number of hydrogen-bond acceptors (Lipinski definition) is 1. The van der Waals surface area contributed by atoms with Crippen LogP contribution in [-0.2, 0) is 4.79 Å². The summed E-state index contributed by atoms with van der Waals surface area (Å²) in [5.74, 6) is 0.0930. The Kier molecular flexibility index (Phi) is 7.78. The molecule has 0 aromatic rings. The third kappa shape index (κ3) is 8.96. The standard InChI is InChI=1S/C15H27NO/c1-2-3-4-5-6-7-8-9-10-11-15(17)16-14-12-13-14/h10-11,14H,2-9,12-13H2,1H3,(H,16,17)/b11-10-. The van der Waals surface area contributed by atoms with Crippen molar-refractivity contribution in [1.82, 2.24) is 5.32 Å². The second kappa shape index (κ2) is 9.26. The summed E-state index contributed by atoms with van der Waals surface area (Å²) in [5, 5.41) is 2.95. The molecule has 0 atom stereocenters. The van der Waals surface area contributed by atoms with Crippen molar-refractivity contribution >= 4 is 5.91 Å². The van der Waals surface area contributed by atoms with Crippen molar-refractivity contribution in [3.8, 4) is 0 Å². The number of allylic oxidation sites excluding steroid dienone is 1. The first-order chi connectivity index (χ1) is 8.33. The van der Waals surface area contributed by atoms with E-state index in [-0.39, 0.29) is 5.91 Å². The Morgan fingerprint density at radius 1 is 1.12 bits per heavy atom. The average molecular weight is 237 g/mol. The number of rotatable bonds is 10. The second-order valence-corrected chi connectivity index (χ2v) is 5.10. The summed E-state index contributed by atoms with van der Waals surface area (Å²) in [6.45, 7) is 2.25. The summed E-state index contributed by atoms with van der Waals surface area (Å²) >= 11 is 0. The molecule has 0 aliphatic heterocycles. The zero-order valence-electron chi connectivity index (χ0n) is 11.2. The topological polar surface area (TPSA) is 29.1 Å². The summed E-state index contributed by atoms with van der Waals surface area (Å²) in [6, 6.07) is 0.478. The minimum absolute atomic E-state index is 0.0930. The zero-order chi connectivity index (χ0) is 12.3. The quantitative estimate of drug-likeness (QED) is 0.452. The van der Waals surface area contributed by atoms with Gasteiger partial charge < -0.3 is 5.32 Å². The molecule has 1 aliphatic rings. The molecule has 0 aromatic carbocycles. The molecule has 1 fully saturated rings. The lowest BCUT2D eigenvalue weighted by atomic mass is 10.1. The third-order valence-electron chi connectivity index (χ3n) is 3.17. The van der Waals surface area contributed by atoms with E-state index in [1.165, 1.54) is 44.9 Å². The van der Waals surface area contributed by atoms with Gasteiger partial charge >= 0.3 is 0 Å². The first-order valence-corrected chi connectivity index (χ1v) is 7.30. The highest BCUT2D eigenvalue weighted by Gasteiger charge is 2.21. The SMILES string of the molecule is CCCCCCCCC/C=C\C(=O)NC1CC1. The smallest absolute Gasteiger partial charge is 0.243 e. The number of nitrogens with one attached hydrogen (secondary N) is 1. The van der Waals surface area contributed by atoms with Gasteiger partial charge in [-0.05, 0) is 31.8 Å². The van der Waals surface area contributed by atoms with Gasteiger partial charge in [0, 0.05) is 6.04 Å². The lowest BCUT2D eigenvalue weighted by molar-refractivity contribution is -0.116.